The third-order valence-electron chi connectivity index (χ3n) is 9.30. The lowest BCUT2D eigenvalue weighted by Gasteiger charge is -2.47. The molecule has 1 heterocycles. The van der Waals surface area contributed by atoms with Crippen LogP contribution in [0, 0.1) is 17.3 Å². The molecule has 1 aliphatic carbocycles. The predicted molar refractivity (Wildman–Crippen MR) is 181 cm³/mol. The number of benzene rings is 2. The fourth-order valence-corrected chi connectivity index (χ4v) is 7.23. The SMILES string of the molecule is COC(=O)C[C@H](C)NC(=O)c1ccc(C(CCC(C)C)N2C(=O)C(c3cc(Cl)cc(Cl)c3)=NC23CCC(C(C)(C)C)CC3)cc1. The summed E-state index contributed by atoms with van der Waals surface area (Å²) in [7, 11) is 1.33. The summed E-state index contributed by atoms with van der Waals surface area (Å²) in [6, 6.07) is 12.1. The Morgan fingerprint density at radius 1 is 1.02 bits per heavy atom. The van der Waals surface area contributed by atoms with Crippen LogP contribution >= 0.6 is 23.2 Å². The van der Waals surface area contributed by atoms with E-state index in [1.807, 2.05) is 17.0 Å². The van der Waals surface area contributed by atoms with E-state index in [0.29, 0.717) is 38.7 Å². The number of amides is 2. The van der Waals surface area contributed by atoms with Gasteiger partial charge in [0.25, 0.3) is 11.8 Å². The molecular weight excluding hydrogens is 609 g/mol. The highest BCUT2D eigenvalue weighted by Gasteiger charge is 2.52. The second-order valence-corrected chi connectivity index (χ2v) is 15.1. The molecule has 244 valence electrons. The Kier molecular flexibility index (Phi) is 11.1. The number of nitrogens with one attached hydrogen (secondary N) is 1. The van der Waals surface area contributed by atoms with Crippen LogP contribution in [0.4, 0.5) is 0 Å². The molecule has 0 aromatic heterocycles. The molecule has 2 amide bonds. The zero-order chi connectivity index (χ0) is 33.1. The van der Waals surface area contributed by atoms with E-state index in [-0.39, 0.29) is 41.7 Å². The van der Waals surface area contributed by atoms with Crippen molar-refractivity contribution in [2.45, 2.75) is 104 Å². The van der Waals surface area contributed by atoms with Gasteiger partial charge in [0.05, 0.1) is 19.6 Å². The van der Waals surface area contributed by atoms with Crippen LogP contribution in [-0.2, 0) is 14.3 Å². The number of nitrogens with zero attached hydrogens (tertiary/aromatic N) is 2. The molecule has 4 rings (SSSR count). The van der Waals surface area contributed by atoms with Gasteiger partial charge in [-0.15, -0.1) is 0 Å². The summed E-state index contributed by atoms with van der Waals surface area (Å²) in [5.74, 6) is 0.206. The van der Waals surface area contributed by atoms with E-state index in [0.717, 1.165) is 44.1 Å². The van der Waals surface area contributed by atoms with Gasteiger partial charge < -0.3 is 15.0 Å². The maximum absolute atomic E-state index is 14.6. The van der Waals surface area contributed by atoms with Gasteiger partial charge in [0.2, 0.25) is 0 Å². The van der Waals surface area contributed by atoms with Crippen molar-refractivity contribution in [1.29, 1.82) is 0 Å². The second-order valence-electron chi connectivity index (χ2n) is 14.2. The van der Waals surface area contributed by atoms with Crippen LogP contribution in [0.2, 0.25) is 10.0 Å². The number of esters is 1. The standard InChI is InChI=1S/C36H47Cl2N3O4/c1-22(2)8-13-30(24-9-11-25(12-10-24)33(43)39-23(3)18-31(42)45-7)41-34(44)32(26-19-28(37)21-29(38)20-26)40-36(41)16-14-27(15-17-36)35(4,5)6/h9-12,19-23,27,30H,8,13-18H2,1-7H3,(H,39,43)/t23-,27?,30?,36?/m0/s1. The average molecular weight is 657 g/mol. The summed E-state index contributed by atoms with van der Waals surface area (Å²) in [4.78, 5) is 46.5. The van der Waals surface area contributed by atoms with Crippen LogP contribution in [0.25, 0.3) is 0 Å². The van der Waals surface area contributed by atoms with Gasteiger partial charge in [-0.1, -0.05) is 70.0 Å². The molecule has 2 aromatic rings. The number of methoxy groups -OCH3 is 1. The van der Waals surface area contributed by atoms with E-state index in [4.69, 9.17) is 32.9 Å². The number of carbonyl (C=O) groups is 3. The fraction of sp³-hybridized carbons (Fsp3) is 0.556. The Morgan fingerprint density at radius 3 is 2.16 bits per heavy atom. The summed E-state index contributed by atoms with van der Waals surface area (Å²) in [5, 5.41) is 3.79. The molecule has 1 saturated carbocycles. The largest absolute Gasteiger partial charge is 0.469 e. The molecule has 1 N–H and O–H groups in total. The Balaban J connectivity index is 1.71. The molecule has 2 aliphatic rings. The molecule has 1 spiro atoms. The molecule has 1 fully saturated rings. The van der Waals surface area contributed by atoms with E-state index in [9.17, 15) is 14.4 Å². The first kappa shape index (κ1) is 35.0. The summed E-state index contributed by atoms with van der Waals surface area (Å²) in [6.45, 7) is 13.0. The summed E-state index contributed by atoms with van der Waals surface area (Å²) < 4.78 is 4.72. The molecule has 9 heteroatoms. The maximum Gasteiger partial charge on any atom is 0.307 e. The van der Waals surface area contributed by atoms with Crippen molar-refractivity contribution in [2.75, 3.05) is 7.11 Å². The third kappa shape index (κ3) is 8.28. The molecule has 7 nitrogen and oxygen atoms in total. The topological polar surface area (TPSA) is 88.1 Å². The first-order valence-corrected chi connectivity index (χ1v) is 16.8. The van der Waals surface area contributed by atoms with Gasteiger partial charge in [-0.3, -0.25) is 19.4 Å². The lowest BCUT2D eigenvalue weighted by atomic mass is 9.69. The number of hydrogen-bond donors (Lipinski definition) is 1. The van der Waals surface area contributed by atoms with Gasteiger partial charge in [0, 0.05) is 27.2 Å². The zero-order valence-corrected chi connectivity index (χ0v) is 29.1. The van der Waals surface area contributed by atoms with E-state index in [1.165, 1.54) is 7.11 Å². The van der Waals surface area contributed by atoms with Gasteiger partial charge in [-0.2, -0.15) is 0 Å². The smallest absolute Gasteiger partial charge is 0.307 e. The summed E-state index contributed by atoms with van der Waals surface area (Å²) in [5.41, 5.74) is 1.97. The van der Waals surface area contributed by atoms with E-state index < -0.39 is 5.66 Å². The van der Waals surface area contributed by atoms with Gasteiger partial charge in [-0.25, -0.2) is 0 Å². The molecule has 0 radical (unpaired) electrons. The van der Waals surface area contributed by atoms with Crippen molar-refractivity contribution in [2.24, 2.45) is 22.2 Å². The van der Waals surface area contributed by atoms with Crippen molar-refractivity contribution in [3.63, 3.8) is 0 Å². The molecule has 45 heavy (non-hydrogen) atoms. The van der Waals surface area contributed by atoms with E-state index in [1.54, 1.807) is 37.3 Å². The predicted octanol–water partition coefficient (Wildman–Crippen LogP) is 8.42. The highest BCUT2D eigenvalue weighted by molar-refractivity contribution is 6.47. The molecule has 1 unspecified atom stereocenters. The van der Waals surface area contributed by atoms with Crippen LogP contribution in [0.5, 0.6) is 0 Å². The van der Waals surface area contributed by atoms with Crippen molar-refractivity contribution in [3.05, 3.63) is 69.2 Å². The number of carbonyl (C=O) groups excluding carboxylic acids is 3. The molecule has 2 aromatic carbocycles. The number of halogens is 2. The lowest BCUT2D eigenvalue weighted by Crippen LogP contribution is -2.51. The fourth-order valence-electron chi connectivity index (χ4n) is 6.71. The Bertz CT molecular complexity index is 1400. The molecule has 0 saturated heterocycles. The Hall–Kier alpha value is -2.90. The highest BCUT2D eigenvalue weighted by atomic mass is 35.5. The number of rotatable bonds is 10. The minimum atomic E-state index is -0.677. The number of hydrogen-bond acceptors (Lipinski definition) is 5. The van der Waals surface area contributed by atoms with Gasteiger partial charge >= 0.3 is 5.97 Å². The maximum atomic E-state index is 14.6. The van der Waals surface area contributed by atoms with Crippen molar-refractivity contribution in [3.8, 4) is 0 Å². The molecule has 2 atom stereocenters. The van der Waals surface area contributed by atoms with Crippen LogP contribution < -0.4 is 5.32 Å². The van der Waals surface area contributed by atoms with Crippen LogP contribution in [0.15, 0.2) is 47.5 Å². The normalized spacial score (nSPS) is 21.6. The highest BCUT2D eigenvalue weighted by Crippen LogP contribution is 2.50. The molecule has 0 bridgehead atoms. The minimum Gasteiger partial charge on any atom is -0.469 e. The van der Waals surface area contributed by atoms with Gasteiger partial charge in [0.15, 0.2) is 0 Å². The van der Waals surface area contributed by atoms with Gasteiger partial charge in [0.1, 0.15) is 11.4 Å². The number of ether oxygens (including phenoxy) is 1. The van der Waals surface area contributed by atoms with Crippen LogP contribution in [0.1, 0.15) is 114 Å². The zero-order valence-electron chi connectivity index (χ0n) is 27.6. The first-order chi connectivity index (χ1) is 21.1. The summed E-state index contributed by atoms with van der Waals surface area (Å²) >= 11 is 12.8. The first-order valence-electron chi connectivity index (χ1n) is 16.0. The monoisotopic (exact) mass is 655 g/mol. The third-order valence-corrected chi connectivity index (χ3v) is 9.74. The van der Waals surface area contributed by atoms with E-state index >= 15 is 0 Å². The van der Waals surface area contributed by atoms with Crippen molar-refractivity contribution >= 4 is 46.7 Å². The average Bonchev–Trinajstić information content (AvgIpc) is 3.23. The molecule has 1 aliphatic heterocycles. The quantitative estimate of drug-likeness (QED) is 0.260. The van der Waals surface area contributed by atoms with E-state index in [2.05, 4.69) is 39.9 Å². The van der Waals surface area contributed by atoms with Crippen LogP contribution in [-0.4, -0.2) is 47.2 Å². The minimum absolute atomic E-state index is 0.0903. The van der Waals surface area contributed by atoms with Gasteiger partial charge in [-0.05, 0) is 98.6 Å². The lowest BCUT2D eigenvalue weighted by molar-refractivity contribution is -0.141. The van der Waals surface area contributed by atoms with Crippen molar-refractivity contribution < 1.29 is 19.1 Å². The summed E-state index contributed by atoms with van der Waals surface area (Å²) in [6.07, 6.45) is 5.26. The Labute approximate surface area is 278 Å². The van der Waals surface area contributed by atoms with Crippen molar-refractivity contribution in [1.82, 2.24) is 10.2 Å². The second kappa shape index (κ2) is 14.3. The van der Waals surface area contributed by atoms with Crippen LogP contribution in [0.3, 0.4) is 0 Å². The molecular formula is C36H47Cl2N3O4. The number of aliphatic imine (C=N–C) groups is 1. The Morgan fingerprint density at radius 2 is 1.62 bits per heavy atom.